The lowest BCUT2D eigenvalue weighted by atomic mass is 10.1. The number of nitrogens with two attached hydrogens (primary N) is 2. The van der Waals surface area contributed by atoms with Crippen molar-refractivity contribution in [2.45, 2.75) is 12.5 Å². The standard InChI is InChI=1S/C9H13FN2/c10-8-3-1-7(2-4-8)5-9(12)6-11/h1-4,9H,5-6,11-12H2. The van der Waals surface area contributed by atoms with Gasteiger partial charge in [0.2, 0.25) is 0 Å². The molecule has 0 bridgehead atoms. The van der Waals surface area contributed by atoms with E-state index in [1.54, 1.807) is 12.1 Å². The lowest BCUT2D eigenvalue weighted by molar-refractivity contribution is 0.624. The molecule has 1 atom stereocenters. The summed E-state index contributed by atoms with van der Waals surface area (Å²) in [5.74, 6) is -0.222. The predicted octanol–water partition coefficient (Wildman–Crippen LogP) is 0.654. The van der Waals surface area contributed by atoms with Gasteiger partial charge < -0.3 is 11.5 Å². The summed E-state index contributed by atoms with van der Waals surface area (Å²) in [5.41, 5.74) is 12.0. The van der Waals surface area contributed by atoms with Crippen LogP contribution in [0.3, 0.4) is 0 Å². The first-order valence-corrected chi connectivity index (χ1v) is 3.92. The van der Waals surface area contributed by atoms with Crippen LogP contribution in [0.1, 0.15) is 5.56 Å². The van der Waals surface area contributed by atoms with Crippen molar-refractivity contribution in [1.82, 2.24) is 0 Å². The second kappa shape index (κ2) is 4.18. The highest BCUT2D eigenvalue weighted by Crippen LogP contribution is 2.04. The summed E-state index contributed by atoms with van der Waals surface area (Å²) >= 11 is 0. The van der Waals surface area contributed by atoms with E-state index in [9.17, 15) is 4.39 Å². The number of rotatable bonds is 3. The molecule has 3 heteroatoms. The van der Waals surface area contributed by atoms with E-state index >= 15 is 0 Å². The highest BCUT2D eigenvalue weighted by molar-refractivity contribution is 5.17. The van der Waals surface area contributed by atoms with E-state index in [0.717, 1.165) is 5.56 Å². The van der Waals surface area contributed by atoms with Gasteiger partial charge in [0.1, 0.15) is 5.82 Å². The zero-order chi connectivity index (χ0) is 8.97. The van der Waals surface area contributed by atoms with Gasteiger partial charge in [-0.15, -0.1) is 0 Å². The molecule has 0 spiro atoms. The monoisotopic (exact) mass is 168 g/mol. The molecule has 12 heavy (non-hydrogen) atoms. The van der Waals surface area contributed by atoms with Crippen LogP contribution in [0.2, 0.25) is 0 Å². The van der Waals surface area contributed by atoms with E-state index in [1.807, 2.05) is 0 Å². The Kier molecular flexibility index (Phi) is 3.19. The Morgan fingerprint density at radius 1 is 1.25 bits per heavy atom. The first-order valence-electron chi connectivity index (χ1n) is 3.92. The van der Waals surface area contributed by atoms with Crippen molar-refractivity contribution >= 4 is 0 Å². The van der Waals surface area contributed by atoms with Crippen molar-refractivity contribution in [3.63, 3.8) is 0 Å². The van der Waals surface area contributed by atoms with Crippen LogP contribution in [0.25, 0.3) is 0 Å². The molecule has 0 aliphatic carbocycles. The summed E-state index contributed by atoms with van der Waals surface area (Å²) in [6.07, 6.45) is 0.705. The second-order valence-electron chi connectivity index (χ2n) is 2.83. The quantitative estimate of drug-likeness (QED) is 0.696. The van der Waals surface area contributed by atoms with Crippen molar-refractivity contribution in [3.05, 3.63) is 35.6 Å². The van der Waals surface area contributed by atoms with Crippen LogP contribution in [0, 0.1) is 5.82 Å². The van der Waals surface area contributed by atoms with Gasteiger partial charge in [0.25, 0.3) is 0 Å². The van der Waals surface area contributed by atoms with E-state index in [1.165, 1.54) is 12.1 Å². The third-order valence-electron chi connectivity index (χ3n) is 1.71. The molecule has 0 aliphatic rings. The van der Waals surface area contributed by atoms with Gasteiger partial charge in [-0.25, -0.2) is 4.39 Å². The first kappa shape index (κ1) is 9.16. The summed E-state index contributed by atoms with van der Waals surface area (Å²) in [7, 11) is 0. The number of halogens is 1. The Labute approximate surface area is 71.4 Å². The van der Waals surface area contributed by atoms with Gasteiger partial charge in [0.15, 0.2) is 0 Å². The Morgan fingerprint density at radius 2 is 1.83 bits per heavy atom. The maximum atomic E-state index is 12.5. The van der Waals surface area contributed by atoms with Crippen LogP contribution in [-0.2, 0) is 6.42 Å². The molecule has 66 valence electrons. The minimum absolute atomic E-state index is 0.0320. The smallest absolute Gasteiger partial charge is 0.123 e. The van der Waals surface area contributed by atoms with Crippen LogP contribution in [0.15, 0.2) is 24.3 Å². The van der Waals surface area contributed by atoms with E-state index < -0.39 is 0 Å². The molecule has 0 amide bonds. The second-order valence-corrected chi connectivity index (χ2v) is 2.83. The molecule has 0 saturated carbocycles. The van der Waals surface area contributed by atoms with Crippen LogP contribution in [0.5, 0.6) is 0 Å². The molecule has 1 aromatic carbocycles. The molecule has 0 heterocycles. The Morgan fingerprint density at radius 3 is 2.33 bits per heavy atom. The molecule has 1 aromatic rings. The van der Waals surface area contributed by atoms with Crippen molar-refractivity contribution < 1.29 is 4.39 Å². The van der Waals surface area contributed by atoms with E-state index in [0.29, 0.717) is 13.0 Å². The molecule has 0 aliphatic heterocycles. The molecule has 2 nitrogen and oxygen atoms in total. The maximum absolute atomic E-state index is 12.5. The van der Waals surface area contributed by atoms with Crippen LogP contribution in [0.4, 0.5) is 4.39 Å². The highest BCUT2D eigenvalue weighted by Gasteiger charge is 2.00. The number of hydrogen-bond donors (Lipinski definition) is 2. The third kappa shape index (κ3) is 2.60. The van der Waals surface area contributed by atoms with E-state index in [4.69, 9.17) is 11.5 Å². The van der Waals surface area contributed by atoms with Crippen molar-refractivity contribution in [3.8, 4) is 0 Å². The van der Waals surface area contributed by atoms with Gasteiger partial charge in [-0.1, -0.05) is 12.1 Å². The summed E-state index contributed by atoms with van der Waals surface area (Å²) in [6.45, 7) is 0.456. The number of hydrogen-bond acceptors (Lipinski definition) is 2. The van der Waals surface area contributed by atoms with Gasteiger partial charge in [-0.2, -0.15) is 0 Å². The Hall–Kier alpha value is -0.930. The van der Waals surface area contributed by atoms with Gasteiger partial charge in [0.05, 0.1) is 0 Å². The van der Waals surface area contributed by atoms with E-state index in [2.05, 4.69) is 0 Å². The molecule has 0 aromatic heterocycles. The Balaban J connectivity index is 2.58. The number of benzene rings is 1. The van der Waals surface area contributed by atoms with Gasteiger partial charge in [0, 0.05) is 12.6 Å². The van der Waals surface area contributed by atoms with E-state index in [-0.39, 0.29) is 11.9 Å². The molecule has 0 radical (unpaired) electrons. The fraction of sp³-hybridized carbons (Fsp3) is 0.333. The highest BCUT2D eigenvalue weighted by atomic mass is 19.1. The summed E-state index contributed by atoms with van der Waals surface area (Å²) in [6, 6.07) is 6.28. The normalized spacial score (nSPS) is 12.9. The minimum atomic E-state index is -0.222. The summed E-state index contributed by atoms with van der Waals surface area (Å²) in [5, 5.41) is 0. The van der Waals surface area contributed by atoms with Gasteiger partial charge in [-0.05, 0) is 24.1 Å². The SMILES string of the molecule is NCC(N)Cc1ccc(F)cc1. The van der Waals surface area contributed by atoms with Crippen LogP contribution < -0.4 is 11.5 Å². The molecule has 4 N–H and O–H groups in total. The lowest BCUT2D eigenvalue weighted by Gasteiger charge is -2.07. The third-order valence-corrected chi connectivity index (χ3v) is 1.71. The Bertz CT molecular complexity index is 233. The van der Waals surface area contributed by atoms with Gasteiger partial charge in [-0.3, -0.25) is 0 Å². The molecule has 0 saturated heterocycles. The summed E-state index contributed by atoms with van der Waals surface area (Å²) < 4.78 is 12.5. The maximum Gasteiger partial charge on any atom is 0.123 e. The van der Waals surface area contributed by atoms with Crippen molar-refractivity contribution in [2.75, 3.05) is 6.54 Å². The molecular formula is C9H13FN2. The van der Waals surface area contributed by atoms with Gasteiger partial charge >= 0.3 is 0 Å². The van der Waals surface area contributed by atoms with Crippen molar-refractivity contribution in [1.29, 1.82) is 0 Å². The largest absolute Gasteiger partial charge is 0.329 e. The average molecular weight is 168 g/mol. The summed E-state index contributed by atoms with van der Waals surface area (Å²) in [4.78, 5) is 0. The fourth-order valence-electron chi connectivity index (χ4n) is 1.01. The minimum Gasteiger partial charge on any atom is -0.329 e. The zero-order valence-electron chi connectivity index (χ0n) is 6.83. The molecular weight excluding hydrogens is 155 g/mol. The molecule has 0 fully saturated rings. The predicted molar refractivity (Wildman–Crippen MR) is 47.1 cm³/mol. The van der Waals surface area contributed by atoms with Crippen LogP contribution >= 0.6 is 0 Å². The molecule has 1 rings (SSSR count). The fourth-order valence-corrected chi connectivity index (χ4v) is 1.01. The van der Waals surface area contributed by atoms with Crippen molar-refractivity contribution in [2.24, 2.45) is 11.5 Å². The lowest BCUT2D eigenvalue weighted by Crippen LogP contribution is -2.31. The first-order chi connectivity index (χ1) is 5.72. The average Bonchev–Trinajstić information content (AvgIpc) is 2.09. The van der Waals surface area contributed by atoms with Crippen LogP contribution in [-0.4, -0.2) is 12.6 Å². The molecule has 1 unspecified atom stereocenters. The topological polar surface area (TPSA) is 52.0 Å². The zero-order valence-corrected chi connectivity index (χ0v) is 6.83.